The Hall–Kier alpha value is -1.25. The summed E-state index contributed by atoms with van der Waals surface area (Å²) in [6.07, 6.45) is 0. The Kier molecular flexibility index (Phi) is 3.32. The van der Waals surface area contributed by atoms with Crippen molar-refractivity contribution in [2.45, 2.75) is 13.0 Å². The van der Waals surface area contributed by atoms with Crippen LogP contribution in [0.15, 0.2) is 40.8 Å². The number of hydrogen-bond acceptors (Lipinski definition) is 2. The van der Waals surface area contributed by atoms with Gasteiger partial charge in [0.1, 0.15) is 5.76 Å². The van der Waals surface area contributed by atoms with Crippen LogP contribution in [0.5, 0.6) is 0 Å². The summed E-state index contributed by atoms with van der Waals surface area (Å²) in [6, 6.07) is 12.0. The van der Waals surface area contributed by atoms with Crippen molar-refractivity contribution >= 4 is 11.6 Å². The molecule has 0 aliphatic rings. The smallest absolute Gasteiger partial charge is 0.193 e. The minimum atomic E-state index is 0.0485. The predicted molar refractivity (Wildman–Crippen MR) is 65.8 cm³/mol. The molecule has 0 radical (unpaired) electrons. The van der Waals surface area contributed by atoms with Gasteiger partial charge >= 0.3 is 0 Å². The van der Waals surface area contributed by atoms with Crippen LogP contribution in [-0.2, 0) is 0 Å². The van der Waals surface area contributed by atoms with Crippen LogP contribution in [0.1, 0.15) is 22.9 Å². The Morgan fingerprint density at radius 1 is 1.25 bits per heavy atom. The van der Waals surface area contributed by atoms with Gasteiger partial charge < -0.3 is 9.73 Å². The van der Waals surface area contributed by atoms with Gasteiger partial charge in [0.05, 0.1) is 6.04 Å². The summed E-state index contributed by atoms with van der Waals surface area (Å²) < 4.78 is 5.43. The maximum atomic E-state index is 5.79. The largest absolute Gasteiger partial charge is 0.448 e. The van der Waals surface area contributed by atoms with E-state index >= 15 is 0 Å². The van der Waals surface area contributed by atoms with Crippen molar-refractivity contribution in [1.29, 1.82) is 0 Å². The van der Waals surface area contributed by atoms with Crippen molar-refractivity contribution in [2.75, 3.05) is 7.05 Å². The number of benzene rings is 1. The predicted octanol–water partition coefficient (Wildman–Crippen LogP) is 3.55. The molecule has 0 saturated carbocycles. The van der Waals surface area contributed by atoms with Crippen LogP contribution >= 0.6 is 11.6 Å². The van der Waals surface area contributed by atoms with E-state index in [2.05, 4.69) is 30.4 Å². The lowest BCUT2D eigenvalue weighted by molar-refractivity contribution is 0.465. The standard InChI is InChI=1S/C13H14ClNO/c1-9-4-3-5-10(8-9)13(15-2)11-6-7-12(14)16-11/h3-8,13,15H,1-2H3. The van der Waals surface area contributed by atoms with Gasteiger partial charge in [-0.05, 0) is 43.3 Å². The summed E-state index contributed by atoms with van der Waals surface area (Å²) in [5.74, 6) is 0.832. The molecule has 1 aromatic heterocycles. The second-order valence-corrected chi connectivity index (χ2v) is 4.15. The van der Waals surface area contributed by atoms with Gasteiger partial charge in [0, 0.05) is 0 Å². The number of rotatable bonds is 3. The van der Waals surface area contributed by atoms with E-state index in [4.69, 9.17) is 16.0 Å². The Labute approximate surface area is 100 Å². The molecule has 3 heteroatoms. The third-order valence-corrected chi connectivity index (χ3v) is 2.75. The second kappa shape index (κ2) is 4.73. The van der Waals surface area contributed by atoms with Crippen molar-refractivity contribution in [2.24, 2.45) is 0 Å². The van der Waals surface area contributed by atoms with Crippen molar-refractivity contribution < 1.29 is 4.42 Å². The molecule has 1 unspecified atom stereocenters. The molecule has 1 atom stereocenters. The summed E-state index contributed by atoms with van der Waals surface area (Å²) >= 11 is 5.79. The topological polar surface area (TPSA) is 25.2 Å². The van der Waals surface area contributed by atoms with Gasteiger partial charge in [-0.15, -0.1) is 0 Å². The van der Waals surface area contributed by atoms with Crippen LogP contribution in [0, 0.1) is 6.92 Å². The Bertz CT molecular complexity index is 478. The Balaban J connectivity index is 2.36. The third-order valence-electron chi connectivity index (χ3n) is 2.54. The highest BCUT2D eigenvalue weighted by atomic mass is 35.5. The fourth-order valence-corrected chi connectivity index (χ4v) is 1.96. The zero-order chi connectivity index (χ0) is 11.5. The van der Waals surface area contributed by atoms with Crippen LogP contribution in [0.2, 0.25) is 5.22 Å². The van der Waals surface area contributed by atoms with Gasteiger partial charge in [0.2, 0.25) is 0 Å². The normalized spacial score (nSPS) is 12.7. The lowest BCUT2D eigenvalue weighted by Crippen LogP contribution is -2.16. The van der Waals surface area contributed by atoms with Crippen LogP contribution in [0.3, 0.4) is 0 Å². The van der Waals surface area contributed by atoms with E-state index in [1.54, 1.807) is 6.07 Å². The third kappa shape index (κ3) is 2.29. The molecule has 84 valence electrons. The van der Waals surface area contributed by atoms with Gasteiger partial charge in [-0.3, -0.25) is 0 Å². The molecule has 1 aromatic carbocycles. The van der Waals surface area contributed by atoms with E-state index in [0.717, 1.165) is 5.76 Å². The molecular weight excluding hydrogens is 222 g/mol. The molecular formula is C13H14ClNO. The van der Waals surface area contributed by atoms with Gasteiger partial charge in [0.25, 0.3) is 0 Å². The van der Waals surface area contributed by atoms with Crippen molar-refractivity contribution in [3.8, 4) is 0 Å². The minimum Gasteiger partial charge on any atom is -0.448 e. The van der Waals surface area contributed by atoms with Crippen LogP contribution in [0.4, 0.5) is 0 Å². The average molecular weight is 236 g/mol. The van der Waals surface area contributed by atoms with Gasteiger partial charge in [-0.25, -0.2) is 0 Å². The SMILES string of the molecule is CNC(c1cccc(C)c1)c1ccc(Cl)o1. The van der Waals surface area contributed by atoms with E-state index in [1.165, 1.54) is 11.1 Å². The lowest BCUT2D eigenvalue weighted by atomic mass is 10.0. The maximum absolute atomic E-state index is 5.79. The minimum absolute atomic E-state index is 0.0485. The maximum Gasteiger partial charge on any atom is 0.193 e. The number of furan rings is 1. The molecule has 1 heterocycles. The zero-order valence-electron chi connectivity index (χ0n) is 9.33. The van der Waals surface area contributed by atoms with Gasteiger partial charge in [0.15, 0.2) is 5.22 Å². The number of nitrogens with one attached hydrogen (secondary N) is 1. The number of aryl methyl sites for hydroxylation is 1. The van der Waals surface area contributed by atoms with Gasteiger partial charge in [-0.1, -0.05) is 29.8 Å². The van der Waals surface area contributed by atoms with Crippen molar-refractivity contribution in [3.63, 3.8) is 0 Å². The highest BCUT2D eigenvalue weighted by Crippen LogP contribution is 2.25. The molecule has 0 spiro atoms. The summed E-state index contributed by atoms with van der Waals surface area (Å²) in [7, 11) is 1.91. The second-order valence-electron chi connectivity index (χ2n) is 3.78. The van der Waals surface area contributed by atoms with E-state index < -0.39 is 0 Å². The highest BCUT2D eigenvalue weighted by Gasteiger charge is 2.15. The first-order valence-corrected chi connectivity index (χ1v) is 5.57. The first-order chi connectivity index (χ1) is 7.70. The fraction of sp³-hybridized carbons (Fsp3) is 0.231. The molecule has 0 bridgehead atoms. The average Bonchev–Trinajstić information content (AvgIpc) is 2.66. The molecule has 0 fully saturated rings. The summed E-state index contributed by atoms with van der Waals surface area (Å²) in [5, 5.41) is 3.64. The van der Waals surface area contributed by atoms with E-state index in [0.29, 0.717) is 5.22 Å². The molecule has 0 amide bonds. The highest BCUT2D eigenvalue weighted by molar-refractivity contribution is 6.28. The lowest BCUT2D eigenvalue weighted by Gasteiger charge is -2.14. The first kappa shape index (κ1) is 11.2. The molecule has 2 rings (SSSR count). The molecule has 0 aliphatic carbocycles. The van der Waals surface area contributed by atoms with Crippen molar-refractivity contribution in [3.05, 3.63) is 58.5 Å². The molecule has 16 heavy (non-hydrogen) atoms. The summed E-state index contributed by atoms with van der Waals surface area (Å²) in [4.78, 5) is 0. The van der Waals surface area contributed by atoms with E-state index in [1.807, 2.05) is 19.2 Å². The summed E-state index contributed by atoms with van der Waals surface area (Å²) in [6.45, 7) is 2.07. The summed E-state index contributed by atoms with van der Waals surface area (Å²) in [5.41, 5.74) is 2.41. The van der Waals surface area contributed by atoms with E-state index in [-0.39, 0.29) is 6.04 Å². The fourth-order valence-electron chi connectivity index (χ4n) is 1.81. The van der Waals surface area contributed by atoms with Crippen LogP contribution < -0.4 is 5.32 Å². The zero-order valence-corrected chi connectivity index (χ0v) is 10.1. The van der Waals surface area contributed by atoms with Crippen LogP contribution in [0.25, 0.3) is 0 Å². The number of hydrogen-bond donors (Lipinski definition) is 1. The molecule has 2 aromatic rings. The molecule has 1 N–H and O–H groups in total. The van der Waals surface area contributed by atoms with Crippen molar-refractivity contribution in [1.82, 2.24) is 5.32 Å². The van der Waals surface area contributed by atoms with E-state index in [9.17, 15) is 0 Å². The van der Waals surface area contributed by atoms with Crippen LogP contribution in [-0.4, -0.2) is 7.05 Å². The molecule has 2 nitrogen and oxygen atoms in total. The Morgan fingerprint density at radius 2 is 2.06 bits per heavy atom. The molecule has 0 saturated heterocycles. The first-order valence-electron chi connectivity index (χ1n) is 5.20. The van der Waals surface area contributed by atoms with Gasteiger partial charge in [-0.2, -0.15) is 0 Å². The molecule has 0 aliphatic heterocycles. The Morgan fingerprint density at radius 3 is 2.62 bits per heavy atom. The monoisotopic (exact) mass is 235 g/mol. The quantitative estimate of drug-likeness (QED) is 0.880. The number of halogens is 1.